The largest absolute Gasteiger partial charge is 0.370 e. The number of hydrogen-bond donors (Lipinski definition) is 1. The summed E-state index contributed by atoms with van der Waals surface area (Å²) >= 11 is 0. The predicted molar refractivity (Wildman–Crippen MR) is 84.3 cm³/mol. The SMILES string of the molecule is CCCN(CCC)c1ccc(C(=O)NC(C)(C)C)nc1. The predicted octanol–water partition coefficient (Wildman–Crippen LogP) is 3.24. The fraction of sp³-hybridized carbons (Fsp3) is 0.625. The molecule has 0 radical (unpaired) electrons. The molecule has 0 bridgehead atoms. The maximum Gasteiger partial charge on any atom is 0.270 e. The van der Waals surface area contributed by atoms with Crippen molar-refractivity contribution in [2.24, 2.45) is 0 Å². The molecule has 0 aromatic carbocycles. The van der Waals surface area contributed by atoms with Crippen LogP contribution in [-0.4, -0.2) is 29.5 Å². The highest BCUT2D eigenvalue weighted by atomic mass is 16.2. The van der Waals surface area contributed by atoms with E-state index in [1.807, 2.05) is 26.8 Å². The van der Waals surface area contributed by atoms with Crippen molar-refractivity contribution in [2.45, 2.75) is 53.0 Å². The van der Waals surface area contributed by atoms with Gasteiger partial charge >= 0.3 is 0 Å². The quantitative estimate of drug-likeness (QED) is 0.868. The highest BCUT2D eigenvalue weighted by Gasteiger charge is 2.16. The van der Waals surface area contributed by atoms with Crippen molar-refractivity contribution in [3.63, 3.8) is 0 Å². The van der Waals surface area contributed by atoms with Gasteiger partial charge in [-0.1, -0.05) is 13.8 Å². The Morgan fingerprint density at radius 1 is 1.20 bits per heavy atom. The van der Waals surface area contributed by atoms with Crippen molar-refractivity contribution >= 4 is 11.6 Å². The van der Waals surface area contributed by atoms with Gasteiger partial charge in [-0.15, -0.1) is 0 Å². The first-order valence-corrected chi connectivity index (χ1v) is 7.41. The molecule has 20 heavy (non-hydrogen) atoms. The summed E-state index contributed by atoms with van der Waals surface area (Å²) in [5.74, 6) is -0.124. The summed E-state index contributed by atoms with van der Waals surface area (Å²) in [5, 5.41) is 2.92. The zero-order valence-corrected chi connectivity index (χ0v) is 13.4. The first-order chi connectivity index (χ1) is 9.37. The summed E-state index contributed by atoms with van der Waals surface area (Å²) in [7, 11) is 0. The smallest absolute Gasteiger partial charge is 0.270 e. The lowest BCUT2D eigenvalue weighted by Gasteiger charge is -2.24. The molecule has 1 N–H and O–H groups in total. The molecule has 0 aliphatic carbocycles. The standard InChI is InChI=1S/C16H27N3O/c1-6-10-19(11-7-2)13-8-9-14(17-12-13)15(20)18-16(3,4)5/h8-9,12H,6-7,10-11H2,1-5H3,(H,18,20). The molecule has 1 aromatic heterocycles. The minimum absolute atomic E-state index is 0.124. The van der Waals surface area contributed by atoms with Gasteiger partial charge < -0.3 is 10.2 Å². The van der Waals surface area contributed by atoms with Crippen LogP contribution in [0.5, 0.6) is 0 Å². The first kappa shape index (κ1) is 16.5. The molecule has 0 aliphatic rings. The van der Waals surface area contributed by atoms with Gasteiger partial charge in [-0.2, -0.15) is 0 Å². The van der Waals surface area contributed by atoms with E-state index in [0.717, 1.165) is 31.6 Å². The van der Waals surface area contributed by atoms with Crippen LogP contribution in [0.4, 0.5) is 5.69 Å². The second-order valence-corrected chi connectivity index (χ2v) is 6.09. The molecule has 0 unspecified atom stereocenters. The van der Waals surface area contributed by atoms with Crippen molar-refractivity contribution < 1.29 is 4.79 Å². The Hall–Kier alpha value is -1.58. The summed E-state index contributed by atoms with van der Waals surface area (Å²) in [4.78, 5) is 18.6. The van der Waals surface area contributed by atoms with Crippen LogP contribution in [0.25, 0.3) is 0 Å². The van der Waals surface area contributed by atoms with E-state index in [9.17, 15) is 4.79 Å². The third kappa shape index (κ3) is 5.19. The normalized spacial score (nSPS) is 11.2. The fourth-order valence-corrected chi connectivity index (χ4v) is 2.02. The topological polar surface area (TPSA) is 45.2 Å². The van der Waals surface area contributed by atoms with E-state index < -0.39 is 0 Å². The van der Waals surface area contributed by atoms with Gasteiger partial charge in [0.25, 0.3) is 5.91 Å². The number of anilines is 1. The molecule has 0 saturated heterocycles. The Labute approximate surface area is 122 Å². The Balaban J connectivity index is 2.79. The molecule has 112 valence electrons. The van der Waals surface area contributed by atoms with E-state index >= 15 is 0 Å². The van der Waals surface area contributed by atoms with Crippen molar-refractivity contribution in [2.75, 3.05) is 18.0 Å². The molecule has 0 fully saturated rings. The van der Waals surface area contributed by atoms with E-state index in [1.165, 1.54) is 0 Å². The van der Waals surface area contributed by atoms with E-state index in [-0.39, 0.29) is 11.4 Å². The van der Waals surface area contributed by atoms with Crippen LogP contribution in [0.2, 0.25) is 0 Å². The third-order valence-corrected chi connectivity index (χ3v) is 2.82. The molecular formula is C16H27N3O. The van der Waals surface area contributed by atoms with Crippen LogP contribution in [0.15, 0.2) is 18.3 Å². The number of nitrogens with zero attached hydrogens (tertiary/aromatic N) is 2. The average Bonchev–Trinajstić information content (AvgIpc) is 2.37. The molecule has 1 amide bonds. The maximum absolute atomic E-state index is 12.0. The third-order valence-electron chi connectivity index (χ3n) is 2.82. The first-order valence-electron chi connectivity index (χ1n) is 7.41. The monoisotopic (exact) mass is 277 g/mol. The Morgan fingerprint density at radius 2 is 1.80 bits per heavy atom. The molecule has 4 heteroatoms. The fourth-order valence-electron chi connectivity index (χ4n) is 2.02. The molecule has 1 rings (SSSR count). The summed E-state index contributed by atoms with van der Waals surface area (Å²) in [6.45, 7) is 12.3. The van der Waals surface area contributed by atoms with Crippen molar-refractivity contribution in [3.8, 4) is 0 Å². The number of aromatic nitrogens is 1. The molecule has 4 nitrogen and oxygen atoms in total. The Bertz CT molecular complexity index is 414. The number of pyridine rings is 1. The molecule has 1 aromatic rings. The molecule has 0 saturated carbocycles. The Kier molecular flexibility index (Phi) is 5.99. The number of rotatable bonds is 6. The van der Waals surface area contributed by atoms with Gasteiger partial charge in [-0.05, 0) is 45.7 Å². The molecular weight excluding hydrogens is 250 g/mol. The number of carbonyl (C=O) groups is 1. The molecule has 1 heterocycles. The number of nitrogens with one attached hydrogen (secondary N) is 1. The van der Waals surface area contributed by atoms with Gasteiger partial charge in [0.05, 0.1) is 11.9 Å². The van der Waals surface area contributed by atoms with Gasteiger partial charge in [-0.25, -0.2) is 4.98 Å². The van der Waals surface area contributed by atoms with Gasteiger partial charge in [-0.3, -0.25) is 4.79 Å². The number of amides is 1. The lowest BCUT2D eigenvalue weighted by molar-refractivity contribution is 0.0914. The van der Waals surface area contributed by atoms with E-state index in [1.54, 1.807) is 12.3 Å². The number of hydrogen-bond acceptors (Lipinski definition) is 3. The minimum atomic E-state index is -0.242. The second-order valence-electron chi connectivity index (χ2n) is 6.09. The van der Waals surface area contributed by atoms with Crippen LogP contribution in [0, 0.1) is 0 Å². The van der Waals surface area contributed by atoms with Gasteiger partial charge in [0.2, 0.25) is 0 Å². The lowest BCUT2D eigenvalue weighted by Crippen LogP contribution is -2.40. The highest BCUT2D eigenvalue weighted by molar-refractivity contribution is 5.92. The summed E-state index contributed by atoms with van der Waals surface area (Å²) in [6, 6.07) is 3.78. The Morgan fingerprint density at radius 3 is 2.20 bits per heavy atom. The van der Waals surface area contributed by atoms with Gasteiger partial charge in [0.15, 0.2) is 0 Å². The van der Waals surface area contributed by atoms with Crippen LogP contribution in [0.1, 0.15) is 57.9 Å². The highest BCUT2D eigenvalue weighted by Crippen LogP contribution is 2.14. The molecule has 0 spiro atoms. The van der Waals surface area contributed by atoms with Crippen LogP contribution in [-0.2, 0) is 0 Å². The van der Waals surface area contributed by atoms with E-state index in [2.05, 4.69) is 29.0 Å². The van der Waals surface area contributed by atoms with Gasteiger partial charge in [0, 0.05) is 18.6 Å². The number of carbonyl (C=O) groups excluding carboxylic acids is 1. The van der Waals surface area contributed by atoms with E-state index in [4.69, 9.17) is 0 Å². The van der Waals surface area contributed by atoms with Crippen LogP contribution in [0.3, 0.4) is 0 Å². The zero-order chi connectivity index (χ0) is 15.2. The lowest BCUT2D eigenvalue weighted by atomic mass is 10.1. The van der Waals surface area contributed by atoms with Crippen molar-refractivity contribution in [1.29, 1.82) is 0 Å². The van der Waals surface area contributed by atoms with Gasteiger partial charge in [0.1, 0.15) is 5.69 Å². The molecule has 0 aliphatic heterocycles. The summed E-state index contributed by atoms with van der Waals surface area (Å²) in [6.07, 6.45) is 4.00. The van der Waals surface area contributed by atoms with Crippen molar-refractivity contribution in [1.82, 2.24) is 10.3 Å². The zero-order valence-electron chi connectivity index (χ0n) is 13.4. The van der Waals surface area contributed by atoms with E-state index in [0.29, 0.717) is 5.69 Å². The minimum Gasteiger partial charge on any atom is -0.370 e. The molecule has 0 atom stereocenters. The summed E-state index contributed by atoms with van der Waals surface area (Å²) < 4.78 is 0. The summed E-state index contributed by atoms with van der Waals surface area (Å²) in [5.41, 5.74) is 1.31. The van der Waals surface area contributed by atoms with Crippen LogP contribution >= 0.6 is 0 Å². The maximum atomic E-state index is 12.0. The second kappa shape index (κ2) is 7.27. The average molecular weight is 277 g/mol. The van der Waals surface area contributed by atoms with Crippen molar-refractivity contribution in [3.05, 3.63) is 24.0 Å². The van der Waals surface area contributed by atoms with Crippen LogP contribution < -0.4 is 10.2 Å².